The van der Waals surface area contributed by atoms with Gasteiger partial charge in [-0.1, -0.05) is 45.2 Å². The topological polar surface area (TPSA) is 13.1 Å². The lowest BCUT2D eigenvalue weighted by molar-refractivity contribution is 0.461. The summed E-state index contributed by atoms with van der Waals surface area (Å²) in [6.45, 7) is 11.5. The molecule has 0 aliphatic carbocycles. The van der Waals surface area contributed by atoms with E-state index in [1.807, 2.05) is 18.2 Å². The Morgan fingerprint density at radius 2 is 1.86 bits per heavy atom. The van der Waals surface area contributed by atoms with Crippen LogP contribution in [0.3, 0.4) is 0 Å². The van der Waals surface area contributed by atoms with Crippen LogP contribution in [-0.2, 0) is 0 Å². The molecule has 0 saturated heterocycles. The molecule has 1 heterocycles. The van der Waals surface area contributed by atoms with Gasteiger partial charge in [0.2, 0.25) is 0 Å². The molecule has 0 N–H and O–H groups in total. The van der Waals surface area contributed by atoms with Gasteiger partial charge in [0.15, 0.2) is 0 Å². The Kier molecular flexibility index (Phi) is 3.52. The minimum absolute atomic E-state index is 0.402. The Labute approximate surface area is 84.8 Å². The Hall–Kier alpha value is -1.50. The van der Waals surface area contributed by atoms with E-state index in [0.29, 0.717) is 5.92 Å². The van der Waals surface area contributed by atoms with Crippen molar-refractivity contribution in [3.63, 3.8) is 0 Å². The van der Waals surface area contributed by atoms with E-state index in [0.717, 1.165) is 16.4 Å². The quantitative estimate of drug-likeness (QED) is 0.709. The van der Waals surface area contributed by atoms with E-state index in [1.54, 1.807) is 12.2 Å². The van der Waals surface area contributed by atoms with E-state index in [2.05, 4.69) is 27.0 Å². The molecule has 0 unspecified atom stereocenters. The number of furan rings is 1. The summed E-state index contributed by atoms with van der Waals surface area (Å²) in [6.07, 6.45) is 7.28. The maximum Gasteiger partial charge on any atom is 0.134 e. The highest BCUT2D eigenvalue weighted by atomic mass is 16.3. The molecule has 14 heavy (non-hydrogen) atoms. The minimum Gasteiger partial charge on any atom is -0.461 e. The Morgan fingerprint density at radius 3 is 2.36 bits per heavy atom. The van der Waals surface area contributed by atoms with Crippen molar-refractivity contribution in [2.75, 3.05) is 0 Å². The molecule has 1 aromatic heterocycles. The molecular weight excluding hydrogens is 172 g/mol. The molecule has 0 bridgehead atoms. The predicted octanol–water partition coefficient (Wildman–Crippen LogP) is 2.34. The molecule has 74 valence electrons. The first-order valence-electron chi connectivity index (χ1n) is 4.74. The first-order chi connectivity index (χ1) is 6.69. The first kappa shape index (κ1) is 10.6. The molecule has 1 heteroatoms. The van der Waals surface area contributed by atoms with Crippen molar-refractivity contribution in [3.8, 4) is 0 Å². The minimum atomic E-state index is 0.402. The van der Waals surface area contributed by atoms with Crippen molar-refractivity contribution in [1.29, 1.82) is 0 Å². The number of rotatable bonds is 3. The summed E-state index contributed by atoms with van der Waals surface area (Å²) in [4.78, 5) is 0. The van der Waals surface area contributed by atoms with Crippen LogP contribution in [0, 0.1) is 0 Å². The van der Waals surface area contributed by atoms with Crippen LogP contribution in [0.1, 0.15) is 25.5 Å². The Morgan fingerprint density at radius 1 is 1.21 bits per heavy atom. The number of hydrogen-bond acceptors (Lipinski definition) is 1. The normalized spacial score (nSPS) is 13.6. The molecule has 0 atom stereocenters. The van der Waals surface area contributed by atoms with Gasteiger partial charge in [-0.25, -0.2) is 0 Å². The van der Waals surface area contributed by atoms with Crippen molar-refractivity contribution in [1.82, 2.24) is 0 Å². The maximum atomic E-state index is 5.66. The van der Waals surface area contributed by atoms with E-state index in [9.17, 15) is 0 Å². The standard InChI is InChI=1S/C13H16O/c1-5-7-11-9-13(10(3)4)14-12(11)8-6-2/h5-10H,1-2H2,3-4H3/b11-7-,12-8+. The molecule has 1 aromatic rings. The van der Waals surface area contributed by atoms with Crippen molar-refractivity contribution < 1.29 is 4.42 Å². The molecule has 0 aromatic carbocycles. The third-order valence-corrected chi connectivity index (χ3v) is 1.95. The van der Waals surface area contributed by atoms with Crippen molar-refractivity contribution in [3.05, 3.63) is 47.8 Å². The lowest BCUT2D eigenvalue weighted by atomic mass is 10.1. The SMILES string of the molecule is C=C/C=c1/cc(C(C)C)o/c1=C/C=C. The fourth-order valence-corrected chi connectivity index (χ4v) is 1.22. The first-order valence-corrected chi connectivity index (χ1v) is 4.74. The van der Waals surface area contributed by atoms with Crippen molar-refractivity contribution >= 4 is 12.2 Å². The third kappa shape index (κ3) is 2.25. The summed E-state index contributed by atoms with van der Waals surface area (Å²) < 4.78 is 5.66. The van der Waals surface area contributed by atoms with Crippen LogP contribution in [0.4, 0.5) is 0 Å². The van der Waals surface area contributed by atoms with Gasteiger partial charge < -0.3 is 4.42 Å². The highest BCUT2D eigenvalue weighted by Gasteiger charge is 2.03. The molecule has 0 amide bonds. The molecule has 0 aliphatic heterocycles. The second kappa shape index (κ2) is 4.66. The molecule has 0 fully saturated rings. The van der Waals surface area contributed by atoms with Gasteiger partial charge >= 0.3 is 0 Å². The van der Waals surface area contributed by atoms with E-state index in [-0.39, 0.29) is 0 Å². The van der Waals surface area contributed by atoms with E-state index < -0.39 is 0 Å². The lowest BCUT2D eigenvalue weighted by Crippen LogP contribution is -2.17. The van der Waals surface area contributed by atoms with Crippen LogP contribution in [0.15, 0.2) is 35.8 Å². The lowest BCUT2D eigenvalue weighted by Gasteiger charge is -1.95. The number of hydrogen-bond donors (Lipinski definition) is 0. The van der Waals surface area contributed by atoms with Gasteiger partial charge in [-0.3, -0.25) is 0 Å². The second-order valence-electron chi connectivity index (χ2n) is 3.43. The molecule has 0 saturated carbocycles. The molecule has 1 rings (SSSR count). The average molecular weight is 188 g/mol. The zero-order chi connectivity index (χ0) is 10.6. The summed E-state index contributed by atoms with van der Waals surface area (Å²) >= 11 is 0. The molecule has 0 radical (unpaired) electrons. The fourth-order valence-electron chi connectivity index (χ4n) is 1.22. The van der Waals surface area contributed by atoms with Crippen molar-refractivity contribution in [2.24, 2.45) is 0 Å². The monoisotopic (exact) mass is 188 g/mol. The van der Waals surface area contributed by atoms with Crippen LogP contribution >= 0.6 is 0 Å². The zero-order valence-electron chi connectivity index (χ0n) is 8.79. The highest BCUT2D eigenvalue weighted by molar-refractivity contribution is 5.40. The molecular formula is C13H16O. The van der Waals surface area contributed by atoms with Gasteiger partial charge in [-0.05, 0) is 12.1 Å². The van der Waals surface area contributed by atoms with Gasteiger partial charge in [-0.2, -0.15) is 0 Å². The van der Waals surface area contributed by atoms with Crippen LogP contribution in [0.5, 0.6) is 0 Å². The van der Waals surface area contributed by atoms with Gasteiger partial charge in [0.1, 0.15) is 11.2 Å². The Bertz CT molecular complexity index is 395. The summed E-state index contributed by atoms with van der Waals surface area (Å²) in [5, 5.41) is 1.06. The van der Waals surface area contributed by atoms with Crippen LogP contribution in [0.25, 0.3) is 12.2 Å². The van der Waals surface area contributed by atoms with Gasteiger partial charge in [0.25, 0.3) is 0 Å². The predicted molar refractivity (Wildman–Crippen MR) is 61.4 cm³/mol. The van der Waals surface area contributed by atoms with Crippen molar-refractivity contribution in [2.45, 2.75) is 19.8 Å². The van der Waals surface area contributed by atoms with Crippen LogP contribution in [-0.4, -0.2) is 0 Å². The van der Waals surface area contributed by atoms with Crippen LogP contribution in [0.2, 0.25) is 0 Å². The molecule has 0 spiro atoms. The number of allylic oxidation sites excluding steroid dienone is 2. The maximum absolute atomic E-state index is 5.66. The summed E-state index contributed by atoms with van der Waals surface area (Å²) in [6, 6.07) is 2.04. The van der Waals surface area contributed by atoms with Gasteiger partial charge in [0, 0.05) is 11.1 Å². The van der Waals surface area contributed by atoms with Gasteiger partial charge in [-0.15, -0.1) is 0 Å². The second-order valence-corrected chi connectivity index (χ2v) is 3.43. The smallest absolute Gasteiger partial charge is 0.134 e. The Balaban J connectivity index is 3.41. The van der Waals surface area contributed by atoms with Gasteiger partial charge in [0.05, 0.1) is 0 Å². The largest absolute Gasteiger partial charge is 0.461 e. The zero-order valence-corrected chi connectivity index (χ0v) is 8.79. The average Bonchev–Trinajstić information content (AvgIpc) is 2.50. The van der Waals surface area contributed by atoms with E-state index in [4.69, 9.17) is 4.42 Å². The van der Waals surface area contributed by atoms with E-state index >= 15 is 0 Å². The summed E-state index contributed by atoms with van der Waals surface area (Å²) in [7, 11) is 0. The fraction of sp³-hybridized carbons (Fsp3) is 0.231. The van der Waals surface area contributed by atoms with E-state index in [1.165, 1.54) is 0 Å². The summed E-state index contributed by atoms with van der Waals surface area (Å²) in [5.74, 6) is 1.39. The third-order valence-electron chi connectivity index (χ3n) is 1.95. The highest BCUT2D eigenvalue weighted by Crippen LogP contribution is 2.09. The van der Waals surface area contributed by atoms with Crippen LogP contribution < -0.4 is 10.6 Å². The molecule has 1 nitrogen and oxygen atoms in total. The summed E-state index contributed by atoms with van der Waals surface area (Å²) in [5.41, 5.74) is 0.851. The molecule has 0 aliphatic rings.